The number of hydrogen-bond acceptors (Lipinski definition) is 4. The molecule has 0 aliphatic rings. The molecule has 2 aromatic rings. The molecular formula is C20H27NO3. The molecule has 0 aliphatic carbocycles. The second kappa shape index (κ2) is 8.71. The Hall–Kier alpha value is -2.04. The fourth-order valence-electron chi connectivity index (χ4n) is 2.97. The van der Waals surface area contributed by atoms with Crippen LogP contribution in [0.2, 0.25) is 0 Å². The third-order valence-corrected chi connectivity index (χ3v) is 3.95. The van der Waals surface area contributed by atoms with Crippen molar-refractivity contribution in [1.82, 2.24) is 0 Å². The number of aliphatic hydroxyl groups is 2. The minimum atomic E-state index is -0.642. The summed E-state index contributed by atoms with van der Waals surface area (Å²) in [6, 6.07) is 13.9. The van der Waals surface area contributed by atoms with Crippen LogP contribution in [0.1, 0.15) is 16.7 Å². The van der Waals surface area contributed by atoms with Crippen molar-refractivity contribution in [2.45, 2.75) is 26.9 Å². The van der Waals surface area contributed by atoms with E-state index in [0.29, 0.717) is 13.1 Å². The summed E-state index contributed by atoms with van der Waals surface area (Å²) in [7, 11) is 0. The lowest BCUT2D eigenvalue weighted by Crippen LogP contribution is -2.37. The lowest BCUT2D eigenvalue weighted by molar-refractivity contribution is 0.110. The number of nitrogens with zero attached hydrogens (tertiary/aromatic N) is 1. The maximum atomic E-state index is 10.4. The van der Waals surface area contributed by atoms with Crippen molar-refractivity contribution in [3.63, 3.8) is 0 Å². The summed E-state index contributed by atoms with van der Waals surface area (Å²) in [6.45, 7) is 7.25. The van der Waals surface area contributed by atoms with Crippen molar-refractivity contribution in [1.29, 1.82) is 0 Å². The van der Waals surface area contributed by atoms with Crippen LogP contribution in [0.4, 0.5) is 5.69 Å². The average Bonchev–Trinajstić information content (AvgIpc) is 2.54. The van der Waals surface area contributed by atoms with Crippen LogP contribution in [-0.2, 0) is 0 Å². The molecular weight excluding hydrogens is 302 g/mol. The lowest BCUT2D eigenvalue weighted by atomic mass is 10.1. The molecule has 24 heavy (non-hydrogen) atoms. The highest BCUT2D eigenvalue weighted by Crippen LogP contribution is 2.24. The van der Waals surface area contributed by atoms with Crippen LogP contribution in [-0.4, -0.2) is 42.6 Å². The van der Waals surface area contributed by atoms with Gasteiger partial charge in [-0.05, 0) is 44.0 Å². The second-order valence-corrected chi connectivity index (χ2v) is 6.20. The highest BCUT2D eigenvalue weighted by Gasteiger charge is 2.14. The maximum absolute atomic E-state index is 10.4. The normalized spacial score (nSPS) is 12.0. The van der Waals surface area contributed by atoms with Crippen LogP contribution in [0, 0.1) is 20.8 Å². The summed E-state index contributed by atoms with van der Waals surface area (Å²) >= 11 is 0. The van der Waals surface area contributed by atoms with Crippen molar-refractivity contribution in [2.24, 2.45) is 0 Å². The van der Waals surface area contributed by atoms with Crippen molar-refractivity contribution >= 4 is 5.69 Å². The van der Waals surface area contributed by atoms with Gasteiger partial charge in [-0.15, -0.1) is 0 Å². The third kappa shape index (κ3) is 4.98. The van der Waals surface area contributed by atoms with Gasteiger partial charge in [-0.2, -0.15) is 0 Å². The zero-order valence-corrected chi connectivity index (χ0v) is 14.7. The minimum Gasteiger partial charge on any atom is -0.490 e. The van der Waals surface area contributed by atoms with E-state index in [1.54, 1.807) is 0 Å². The molecule has 0 spiro atoms. The smallest absolute Gasteiger partial charge is 0.125 e. The molecule has 0 aromatic heterocycles. The van der Waals surface area contributed by atoms with Crippen LogP contribution < -0.4 is 9.64 Å². The second-order valence-electron chi connectivity index (χ2n) is 6.20. The molecule has 2 rings (SSSR count). The summed E-state index contributed by atoms with van der Waals surface area (Å²) in [4.78, 5) is 1.96. The predicted octanol–water partition coefficient (Wildman–Crippen LogP) is 2.85. The summed E-state index contributed by atoms with van der Waals surface area (Å²) < 4.78 is 5.86. The van der Waals surface area contributed by atoms with Gasteiger partial charge in [-0.3, -0.25) is 0 Å². The molecule has 1 atom stereocenters. The summed E-state index contributed by atoms with van der Waals surface area (Å²) in [6.07, 6.45) is -0.642. The molecule has 2 aromatic carbocycles. The van der Waals surface area contributed by atoms with E-state index < -0.39 is 6.10 Å². The molecule has 4 heteroatoms. The van der Waals surface area contributed by atoms with Crippen molar-refractivity contribution < 1.29 is 14.9 Å². The molecule has 130 valence electrons. The minimum absolute atomic E-state index is 0.0403. The van der Waals surface area contributed by atoms with Gasteiger partial charge in [0, 0.05) is 18.8 Å². The first-order valence-electron chi connectivity index (χ1n) is 8.31. The van der Waals surface area contributed by atoms with Gasteiger partial charge in [-0.25, -0.2) is 0 Å². The van der Waals surface area contributed by atoms with Crippen molar-refractivity contribution in [3.8, 4) is 5.75 Å². The van der Waals surface area contributed by atoms with Crippen LogP contribution in [0.3, 0.4) is 0 Å². The molecule has 0 saturated heterocycles. The quantitative estimate of drug-likeness (QED) is 0.782. The van der Waals surface area contributed by atoms with Gasteiger partial charge in [0.15, 0.2) is 0 Å². The lowest BCUT2D eigenvalue weighted by Gasteiger charge is -2.27. The predicted molar refractivity (Wildman–Crippen MR) is 97.9 cm³/mol. The summed E-state index contributed by atoms with van der Waals surface area (Å²) in [5, 5.41) is 19.6. The first-order chi connectivity index (χ1) is 11.5. The third-order valence-electron chi connectivity index (χ3n) is 3.95. The molecule has 0 fully saturated rings. The Morgan fingerprint density at radius 3 is 2.25 bits per heavy atom. The largest absolute Gasteiger partial charge is 0.490 e. The molecule has 0 radical (unpaired) electrons. The van der Waals surface area contributed by atoms with E-state index >= 15 is 0 Å². The number of aliphatic hydroxyl groups excluding tert-OH is 2. The van der Waals surface area contributed by atoms with Gasteiger partial charge in [-0.1, -0.05) is 35.9 Å². The fraction of sp³-hybridized carbons (Fsp3) is 0.400. The number of rotatable bonds is 8. The Morgan fingerprint density at radius 1 is 1.04 bits per heavy atom. The first-order valence-corrected chi connectivity index (χ1v) is 8.31. The first kappa shape index (κ1) is 18.3. The molecule has 4 nitrogen and oxygen atoms in total. The average molecular weight is 329 g/mol. The standard InChI is InChI=1S/C20H27NO3/c1-15-11-16(2)20(17(3)12-15)24-14-19(23)13-21(9-10-22)18-7-5-4-6-8-18/h4-8,11-12,19,22-23H,9-10,13-14H2,1-3H3. The monoisotopic (exact) mass is 329 g/mol. The maximum Gasteiger partial charge on any atom is 0.125 e. The van der Waals surface area contributed by atoms with Crippen LogP contribution >= 0.6 is 0 Å². The Bertz CT molecular complexity index is 620. The number of benzene rings is 2. The summed E-state index contributed by atoms with van der Waals surface area (Å²) in [5.41, 5.74) is 4.34. The van der Waals surface area contributed by atoms with E-state index in [-0.39, 0.29) is 13.2 Å². The number of aryl methyl sites for hydroxylation is 3. The SMILES string of the molecule is Cc1cc(C)c(OCC(O)CN(CCO)c2ccccc2)c(C)c1. The molecule has 0 amide bonds. The molecule has 0 heterocycles. The number of para-hydroxylation sites is 1. The number of hydrogen-bond donors (Lipinski definition) is 2. The Labute approximate surface area is 144 Å². The molecule has 0 bridgehead atoms. The van der Waals surface area contributed by atoms with E-state index in [2.05, 4.69) is 19.1 Å². The zero-order chi connectivity index (χ0) is 17.5. The zero-order valence-electron chi connectivity index (χ0n) is 14.7. The van der Waals surface area contributed by atoms with Gasteiger partial charge >= 0.3 is 0 Å². The topological polar surface area (TPSA) is 52.9 Å². The highest BCUT2D eigenvalue weighted by molar-refractivity contribution is 5.46. The van der Waals surface area contributed by atoms with Crippen LogP contribution in [0.15, 0.2) is 42.5 Å². The van der Waals surface area contributed by atoms with E-state index in [1.165, 1.54) is 5.56 Å². The molecule has 0 aliphatic heterocycles. The van der Waals surface area contributed by atoms with E-state index in [4.69, 9.17) is 4.74 Å². The highest BCUT2D eigenvalue weighted by atomic mass is 16.5. The summed E-state index contributed by atoms with van der Waals surface area (Å²) in [5.74, 6) is 0.841. The van der Waals surface area contributed by atoms with Gasteiger partial charge in [0.25, 0.3) is 0 Å². The van der Waals surface area contributed by atoms with Crippen molar-refractivity contribution in [3.05, 3.63) is 59.2 Å². The van der Waals surface area contributed by atoms with Crippen LogP contribution in [0.25, 0.3) is 0 Å². The van der Waals surface area contributed by atoms with Gasteiger partial charge in [0.05, 0.1) is 6.61 Å². The van der Waals surface area contributed by atoms with E-state index in [1.807, 2.05) is 49.1 Å². The van der Waals surface area contributed by atoms with Crippen LogP contribution in [0.5, 0.6) is 5.75 Å². The molecule has 0 saturated carbocycles. The number of ether oxygens (including phenoxy) is 1. The van der Waals surface area contributed by atoms with Gasteiger partial charge < -0.3 is 19.8 Å². The van der Waals surface area contributed by atoms with Gasteiger partial charge in [0.1, 0.15) is 18.5 Å². The Kier molecular flexibility index (Phi) is 6.64. The number of anilines is 1. The Balaban J connectivity index is 1.98. The Morgan fingerprint density at radius 2 is 1.67 bits per heavy atom. The van der Waals surface area contributed by atoms with E-state index in [9.17, 15) is 10.2 Å². The van der Waals surface area contributed by atoms with E-state index in [0.717, 1.165) is 22.6 Å². The molecule has 1 unspecified atom stereocenters. The van der Waals surface area contributed by atoms with Gasteiger partial charge in [0.2, 0.25) is 0 Å². The fourth-order valence-corrected chi connectivity index (χ4v) is 2.97. The van der Waals surface area contributed by atoms with Crippen molar-refractivity contribution in [2.75, 3.05) is 31.2 Å². The molecule has 2 N–H and O–H groups in total.